The Kier molecular flexibility index (Phi) is 7.75. The van der Waals surface area contributed by atoms with Crippen molar-refractivity contribution in [3.8, 4) is 0 Å². The third kappa shape index (κ3) is 6.12. The molecule has 3 rings (SSSR count). The summed E-state index contributed by atoms with van der Waals surface area (Å²) in [6.07, 6.45) is 5.88. The van der Waals surface area contributed by atoms with E-state index in [-0.39, 0.29) is 29.9 Å². The number of aromatic nitrogens is 3. The molecule has 1 aromatic carbocycles. The van der Waals surface area contributed by atoms with E-state index < -0.39 is 0 Å². The summed E-state index contributed by atoms with van der Waals surface area (Å²) in [4.78, 5) is 29.0. The SMILES string of the molecule is CCCO[C@H]1C[C@@H](C(=O)NCCn2cncn2)CC[C@@H]1NC(=O)c1ccccc1. The Balaban J connectivity index is 1.53. The molecule has 0 spiro atoms. The van der Waals surface area contributed by atoms with Gasteiger partial charge >= 0.3 is 0 Å². The third-order valence-corrected chi connectivity index (χ3v) is 5.16. The average molecular weight is 399 g/mol. The molecule has 1 aliphatic rings. The summed E-state index contributed by atoms with van der Waals surface area (Å²) in [6.45, 7) is 3.76. The van der Waals surface area contributed by atoms with Crippen molar-refractivity contribution in [1.82, 2.24) is 25.4 Å². The molecule has 29 heavy (non-hydrogen) atoms. The van der Waals surface area contributed by atoms with Gasteiger partial charge in [-0.25, -0.2) is 4.98 Å². The molecule has 8 nitrogen and oxygen atoms in total. The molecule has 2 N–H and O–H groups in total. The topological polar surface area (TPSA) is 98.1 Å². The minimum absolute atomic E-state index is 0.0306. The lowest BCUT2D eigenvalue weighted by Crippen LogP contribution is -2.50. The van der Waals surface area contributed by atoms with E-state index in [1.54, 1.807) is 23.1 Å². The summed E-state index contributed by atoms with van der Waals surface area (Å²) in [5.41, 5.74) is 0.634. The van der Waals surface area contributed by atoms with E-state index in [2.05, 4.69) is 27.6 Å². The van der Waals surface area contributed by atoms with Gasteiger partial charge in [-0.1, -0.05) is 25.1 Å². The first kappa shape index (κ1) is 21.0. The van der Waals surface area contributed by atoms with Crippen LogP contribution in [0.15, 0.2) is 43.0 Å². The van der Waals surface area contributed by atoms with Crippen molar-refractivity contribution in [2.45, 2.75) is 51.3 Å². The maximum Gasteiger partial charge on any atom is 0.251 e. The van der Waals surface area contributed by atoms with Crippen molar-refractivity contribution >= 4 is 11.8 Å². The van der Waals surface area contributed by atoms with Crippen LogP contribution in [-0.4, -0.2) is 51.9 Å². The molecule has 3 atom stereocenters. The van der Waals surface area contributed by atoms with Crippen molar-refractivity contribution in [3.05, 3.63) is 48.5 Å². The smallest absolute Gasteiger partial charge is 0.251 e. The number of hydrogen-bond donors (Lipinski definition) is 2. The van der Waals surface area contributed by atoms with Crippen LogP contribution in [-0.2, 0) is 16.1 Å². The molecule has 156 valence electrons. The van der Waals surface area contributed by atoms with Gasteiger partial charge in [0.1, 0.15) is 12.7 Å². The molecule has 1 aliphatic carbocycles. The van der Waals surface area contributed by atoms with Gasteiger partial charge < -0.3 is 15.4 Å². The molecule has 1 fully saturated rings. The van der Waals surface area contributed by atoms with Gasteiger partial charge in [0.2, 0.25) is 5.91 Å². The van der Waals surface area contributed by atoms with Crippen LogP contribution in [0.5, 0.6) is 0 Å². The Morgan fingerprint density at radius 1 is 1.24 bits per heavy atom. The van der Waals surface area contributed by atoms with E-state index in [9.17, 15) is 9.59 Å². The highest BCUT2D eigenvalue weighted by atomic mass is 16.5. The highest BCUT2D eigenvalue weighted by Gasteiger charge is 2.35. The van der Waals surface area contributed by atoms with Crippen LogP contribution in [0, 0.1) is 5.92 Å². The summed E-state index contributed by atoms with van der Waals surface area (Å²) >= 11 is 0. The minimum Gasteiger partial charge on any atom is -0.376 e. The van der Waals surface area contributed by atoms with Gasteiger partial charge in [0, 0.05) is 24.6 Å². The molecule has 1 saturated carbocycles. The molecule has 1 aromatic heterocycles. The van der Waals surface area contributed by atoms with Gasteiger partial charge in [0.05, 0.1) is 18.7 Å². The van der Waals surface area contributed by atoms with Gasteiger partial charge in [0.15, 0.2) is 0 Å². The lowest BCUT2D eigenvalue weighted by Gasteiger charge is -2.36. The first-order chi connectivity index (χ1) is 14.2. The van der Waals surface area contributed by atoms with Crippen molar-refractivity contribution in [2.75, 3.05) is 13.2 Å². The summed E-state index contributed by atoms with van der Waals surface area (Å²) in [5.74, 6) is -0.183. The van der Waals surface area contributed by atoms with Crippen molar-refractivity contribution < 1.29 is 14.3 Å². The maximum atomic E-state index is 12.6. The molecule has 0 bridgehead atoms. The molecule has 0 saturated heterocycles. The van der Waals surface area contributed by atoms with Crippen molar-refractivity contribution in [3.63, 3.8) is 0 Å². The monoisotopic (exact) mass is 399 g/mol. The second-order valence-corrected chi connectivity index (χ2v) is 7.31. The standard InChI is InChI=1S/C21H29N5O3/c1-2-12-29-19-13-17(20(27)23-10-11-26-15-22-14-24-26)8-9-18(19)25-21(28)16-6-4-3-5-7-16/h3-7,14-15,17-19H,2,8-13H2,1H3,(H,23,27)(H,25,28)/t17-,18-,19-/m0/s1. The van der Waals surface area contributed by atoms with Crippen LogP contribution in [0.4, 0.5) is 0 Å². The number of benzene rings is 1. The van der Waals surface area contributed by atoms with Gasteiger partial charge in [-0.2, -0.15) is 5.10 Å². The fraction of sp³-hybridized carbons (Fsp3) is 0.524. The quantitative estimate of drug-likeness (QED) is 0.670. The van der Waals surface area contributed by atoms with Crippen LogP contribution in [0.3, 0.4) is 0 Å². The molecule has 0 aliphatic heterocycles. The number of carbonyl (C=O) groups is 2. The number of nitrogens with zero attached hydrogens (tertiary/aromatic N) is 3. The first-order valence-corrected chi connectivity index (χ1v) is 10.2. The number of hydrogen-bond acceptors (Lipinski definition) is 5. The second-order valence-electron chi connectivity index (χ2n) is 7.31. The molecule has 1 heterocycles. The Bertz CT molecular complexity index is 766. The van der Waals surface area contributed by atoms with Crippen LogP contribution in [0.1, 0.15) is 43.0 Å². The van der Waals surface area contributed by atoms with Gasteiger partial charge in [-0.05, 0) is 37.8 Å². The molecular weight excluding hydrogens is 370 g/mol. The molecular formula is C21H29N5O3. The Morgan fingerprint density at radius 3 is 2.79 bits per heavy atom. The van der Waals surface area contributed by atoms with E-state index in [0.717, 1.165) is 12.8 Å². The Morgan fingerprint density at radius 2 is 2.07 bits per heavy atom. The number of ether oxygens (including phenoxy) is 1. The predicted octanol–water partition coefficient (Wildman–Crippen LogP) is 1.79. The van der Waals surface area contributed by atoms with Gasteiger partial charge in [-0.3, -0.25) is 14.3 Å². The number of amides is 2. The Hall–Kier alpha value is -2.74. The van der Waals surface area contributed by atoms with Gasteiger partial charge in [0.25, 0.3) is 5.91 Å². The highest BCUT2D eigenvalue weighted by Crippen LogP contribution is 2.27. The van der Waals surface area contributed by atoms with Crippen molar-refractivity contribution in [1.29, 1.82) is 0 Å². The largest absolute Gasteiger partial charge is 0.376 e. The zero-order chi connectivity index (χ0) is 20.5. The first-order valence-electron chi connectivity index (χ1n) is 10.2. The number of carbonyl (C=O) groups excluding carboxylic acids is 2. The fourth-order valence-electron chi connectivity index (χ4n) is 3.61. The summed E-state index contributed by atoms with van der Waals surface area (Å²) < 4.78 is 7.69. The van der Waals surface area contributed by atoms with E-state index in [1.807, 2.05) is 18.2 Å². The Labute approximate surface area is 171 Å². The lowest BCUT2D eigenvalue weighted by molar-refractivity contribution is -0.128. The zero-order valence-corrected chi connectivity index (χ0v) is 16.8. The zero-order valence-electron chi connectivity index (χ0n) is 16.8. The lowest BCUT2D eigenvalue weighted by atomic mass is 9.83. The molecule has 2 aromatic rings. The second kappa shape index (κ2) is 10.7. The molecule has 8 heteroatoms. The number of rotatable bonds is 9. The van der Waals surface area contributed by atoms with Crippen LogP contribution in [0.25, 0.3) is 0 Å². The fourth-order valence-corrected chi connectivity index (χ4v) is 3.61. The summed E-state index contributed by atoms with van der Waals surface area (Å²) in [5, 5.41) is 10.1. The van der Waals surface area contributed by atoms with Crippen LogP contribution in [0.2, 0.25) is 0 Å². The predicted molar refractivity (Wildman–Crippen MR) is 108 cm³/mol. The molecule has 0 unspecified atom stereocenters. The summed E-state index contributed by atoms with van der Waals surface area (Å²) in [7, 11) is 0. The van der Waals surface area contributed by atoms with Gasteiger partial charge in [-0.15, -0.1) is 0 Å². The highest BCUT2D eigenvalue weighted by molar-refractivity contribution is 5.94. The van der Waals surface area contributed by atoms with Crippen LogP contribution < -0.4 is 10.6 Å². The normalized spacial score (nSPS) is 21.5. The minimum atomic E-state index is -0.164. The average Bonchev–Trinajstić information content (AvgIpc) is 3.27. The molecule has 0 radical (unpaired) electrons. The van der Waals surface area contributed by atoms with E-state index >= 15 is 0 Å². The third-order valence-electron chi connectivity index (χ3n) is 5.16. The number of nitrogens with one attached hydrogen (secondary N) is 2. The molecule has 2 amide bonds. The van der Waals surface area contributed by atoms with Crippen LogP contribution >= 0.6 is 0 Å². The van der Waals surface area contributed by atoms with E-state index in [1.165, 1.54) is 6.33 Å². The van der Waals surface area contributed by atoms with E-state index in [4.69, 9.17) is 4.74 Å². The maximum absolute atomic E-state index is 12.6. The summed E-state index contributed by atoms with van der Waals surface area (Å²) in [6, 6.07) is 9.09. The van der Waals surface area contributed by atoms with Crippen molar-refractivity contribution in [2.24, 2.45) is 5.92 Å². The van der Waals surface area contributed by atoms with E-state index in [0.29, 0.717) is 38.1 Å².